The average Bonchev–Trinajstić information content (AvgIpc) is 3.24. The summed E-state index contributed by atoms with van der Waals surface area (Å²) in [7, 11) is 0. The molecule has 0 amide bonds. The van der Waals surface area contributed by atoms with Crippen molar-refractivity contribution in [1.82, 2.24) is 9.99 Å². The number of halogens is 1. The molecular formula is C21H24BrN3O4. The summed E-state index contributed by atoms with van der Waals surface area (Å²) in [6.45, 7) is 7.76. The van der Waals surface area contributed by atoms with Gasteiger partial charge in [0.05, 0.1) is 12.2 Å². The molecule has 0 saturated heterocycles. The molecule has 2 aromatic rings. The molecule has 3 rings (SSSR count). The number of nitrogens with one attached hydrogen (secondary N) is 1. The highest BCUT2D eigenvalue weighted by atomic mass is 79.9. The maximum absolute atomic E-state index is 13.3. The first kappa shape index (κ1) is 21.1. The van der Waals surface area contributed by atoms with Crippen LogP contribution in [-0.2, 0) is 20.8 Å². The maximum atomic E-state index is 13.3. The summed E-state index contributed by atoms with van der Waals surface area (Å²) in [4.78, 5) is 24.5. The fourth-order valence-electron chi connectivity index (χ4n) is 3.53. The standard InChI is InChI=1S/C21H24BrN3O4/c1-5-17-23-24-21(29-17)19-12(2)18(13(3)25(19)9-10-28-14(4)26)20(27)15-7-6-8-16(22)11-15/h6-8,11,21,24H,5,9-10H2,1-4H3. The third-order valence-electron chi connectivity index (χ3n) is 4.86. The van der Waals surface area contributed by atoms with Gasteiger partial charge in [0.2, 0.25) is 12.1 Å². The van der Waals surface area contributed by atoms with Gasteiger partial charge in [-0.1, -0.05) is 35.0 Å². The van der Waals surface area contributed by atoms with Gasteiger partial charge in [0, 0.05) is 34.6 Å². The Balaban J connectivity index is 2.03. The molecule has 2 heterocycles. The van der Waals surface area contributed by atoms with E-state index in [4.69, 9.17) is 9.47 Å². The van der Waals surface area contributed by atoms with Crippen LogP contribution in [-0.4, -0.2) is 28.8 Å². The molecule has 0 radical (unpaired) electrons. The van der Waals surface area contributed by atoms with Gasteiger partial charge in [-0.3, -0.25) is 15.0 Å². The maximum Gasteiger partial charge on any atom is 0.302 e. The summed E-state index contributed by atoms with van der Waals surface area (Å²) in [6, 6.07) is 7.32. The number of aromatic nitrogens is 1. The molecule has 1 N–H and O–H groups in total. The van der Waals surface area contributed by atoms with Gasteiger partial charge in [-0.15, -0.1) is 5.10 Å². The highest BCUT2D eigenvalue weighted by Gasteiger charge is 2.31. The smallest absolute Gasteiger partial charge is 0.302 e. The molecule has 1 aliphatic heterocycles. The largest absolute Gasteiger partial charge is 0.464 e. The number of carbonyl (C=O) groups is 2. The van der Waals surface area contributed by atoms with Crippen LogP contribution in [0.1, 0.15) is 59.4 Å². The monoisotopic (exact) mass is 461 g/mol. The summed E-state index contributed by atoms with van der Waals surface area (Å²) in [5, 5.41) is 4.21. The Kier molecular flexibility index (Phi) is 6.42. The van der Waals surface area contributed by atoms with Crippen LogP contribution in [0.3, 0.4) is 0 Å². The lowest BCUT2D eigenvalue weighted by atomic mass is 9.99. The van der Waals surface area contributed by atoms with Crippen LogP contribution in [0.15, 0.2) is 33.8 Å². The number of ether oxygens (including phenoxy) is 2. The summed E-state index contributed by atoms with van der Waals surface area (Å²) < 4.78 is 13.9. The second kappa shape index (κ2) is 8.82. The Morgan fingerprint density at radius 1 is 1.34 bits per heavy atom. The number of hydrogen-bond acceptors (Lipinski definition) is 6. The molecule has 0 saturated carbocycles. The Bertz CT molecular complexity index is 981. The Morgan fingerprint density at radius 2 is 2.10 bits per heavy atom. The third-order valence-corrected chi connectivity index (χ3v) is 5.36. The second-order valence-corrected chi connectivity index (χ2v) is 7.70. The van der Waals surface area contributed by atoms with E-state index in [2.05, 4.69) is 26.5 Å². The molecule has 0 fully saturated rings. The molecule has 0 bridgehead atoms. The predicted molar refractivity (Wildman–Crippen MR) is 113 cm³/mol. The number of rotatable bonds is 7. The lowest BCUT2D eigenvalue weighted by molar-refractivity contribution is -0.141. The minimum atomic E-state index is -0.495. The molecule has 1 atom stereocenters. The lowest BCUT2D eigenvalue weighted by Gasteiger charge is -2.17. The van der Waals surface area contributed by atoms with E-state index in [0.717, 1.165) is 21.4 Å². The molecule has 0 aliphatic carbocycles. The van der Waals surface area contributed by atoms with Crippen molar-refractivity contribution in [2.75, 3.05) is 6.61 Å². The Hall–Kier alpha value is -2.61. The minimum absolute atomic E-state index is 0.0663. The number of benzene rings is 1. The number of hydrogen-bond donors (Lipinski definition) is 1. The number of ketones is 1. The Labute approximate surface area is 178 Å². The topological polar surface area (TPSA) is 81.9 Å². The Morgan fingerprint density at radius 3 is 2.72 bits per heavy atom. The van der Waals surface area contributed by atoms with Crippen LogP contribution < -0.4 is 5.43 Å². The van der Waals surface area contributed by atoms with Crippen molar-refractivity contribution in [2.24, 2.45) is 5.10 Å². The molecule has 1 aromatic heterocycles. The van der Waals surface area contributed by atoms with Crippen molar-refractivity contribution in [3.8, 4) is 0 Å². The van der Waals surface area contributed by atoms with Crippen LogP contribution in [0.2, 0.25) is 0 Å². The lowest BCUT2D eigenvalue weighted by Crippen LogP contribution is -2.20. The number of carbonyl (C=O) groups excluding carboxylic acids is 2. The molecule has 1 aromatic carbocycles. The predicted octanol–water partition coefficient (Wildman–Crippen LogP) is 4.00. The van der Waals surface area contributed by atoms with E-state index in [1.165, 1.54) is 6.92 Å². The van der Waals surface area contributed by atoms with Crippen LogP contribution in [0.25, 0.3) is 0 Å². The van der Waals surface area contributed by atoms with Gasteiger partial charge < -0.3 is 14.0 Å². The zero-order valence-corrected chi connectivity index (χ0v) is 18.5. The van der Waals surface area contributed by atoms with Crippen molar-refractivity contribution in [3.05, 3.63) is 56.8 Å². The van der Waals surface area contributed by atoms with Crippen LogP contribution >= 0.6 is 15.9 Å². The zero-order chi connectivity index (χ0) is 21.1. The fourth-order valence-corrected chi connectivity index (χ4v) is 3.93. The molecule has 1 unspecified atom stereocenters. The van der Waals surface area contributed by atoms with Crippen molar-refractivity contribution in [1.29, 1.82) is 0 Å². The number of hydrazone groups is 1. The van der Waals surface area contributed by atoms with Gasteiger partial charge in [-0.05, 0) is 31.5 Å². The van der Waals surface area contributed by atoms with Crippen LogP contribution in [0.4, 0.5) is 0 Å². The van der Waals surface area contributed by atoms with Crippen molar-refractivity contribution in [3.63, 3.8) is 0 Å². The number of esters is 1. The first-order valence-corrected chi connectivity index (χ1v) is 10.2. The van der Waals surface area contributed by atoms with Gasteiger partial charge in [-0.2, -0.15) is 0 Å². The normalized spacial score (nSPS) is 15.5. The fraction of sp³-hybridized carbons (Fsp3) is 0.381. The summed E-state index contributed by atoms with van der Waals surface area (Å²) in [5.74, 6) is 0.202. The molecule has 7 nitrogen and oxygen atoms in total. The molecule has 154 valence electrons. The van der Waals surface area contributed by atoms with E-state index in [1.54, 1.807) is 12.1 Å². The van der Waals surface area contributed by atoms with Crippen molar-refractivity contribution < 1.29 is 19.1 Å². The summed E-state index contributed by atoms with van der Waals surface area (Å²) >= 11 is 3.42. The van der Waals surface area contributed by atoms with Gasteiger partial charge in [0.1, 0.15) is 6.61 Å². The van der Waals surface area contributed by atoms with Gasteiger partial charge in [0.15, 0.2) is 5.78 Å². The molecular weight excluding hydrogens is 438 g/mol. The molecule has 0 spiro atoms. The molecule has 29 heavy (non-hydrogen) atoms. The number of nitrogens with zero attached hydrogens (tertiary/aromatic N) is 2. The van der Waals surface area contributed by atoms with Gasteiger partial charge >= 0.3 is 5.97 Å². The van der Waals surface area contributed by atoms with E-state index in [9.17, 15) is 9.59 Å². The zero-order valence-electron chi connectivity index (χ0n) is 16.9. The highest BCUT2D eigenvalue weighted by Crippen LogP contribution is 2.32. The molecule has 8 heteroatoms. The average molecular weight is 462 g/mol. The molecule has 1 aliphatic rings. The summed E-state index contributed by atoms with van der Waals surface area (Å²) in [5.41, 5.74) is 6.64. The third kappa shape index (κ3) is 4.37. The van der Waals surface area contributed by atoms with E-state index in [0.29, 0.717) is 30.0 Å². The SMILES string of the molecule is CCC1=NNC(c2c(C)c(C(=O)c3cccc(Br)c3)c(C)n2CCOC(C)=O)O1. The van der Waals surface area contributed by atoms with Gasteiger partial charge in [-0.25, -0.2) is 0 Å². The highest BCUT2D eigenvalue weighted by molar-refractivity contribution is 9.10. The quantitative estimate of drug-likeness (QED) is 0.497. The first-order chi connectivity index (χ1) is 13.8. The second-order valence-electron chi connectivity index (χ2n) is 6.79. The van der Waals surface area contributed by atoms with E-state index < -0.39 is 6.23 Å². The van der Waals surface area contributed by atoms with E-state index in [1.807, 2.05) is 37.5 Å². The minimum Gasteiger partial charge on any atom is -0.464 e. The summed E-state index contributed by atoms with van der Waals surface area (Å²) in [6.07, 6.45) is 0.171. The van der Waals surface area contributed by atoms with E-state index >= 15 is 0 Å². The van der Waals surface area contributed by atoms with Crippen LogP contribution in [0.5, 0.6) is 0 Å². The van der Waals surface area contributed by atoms with Gasteiger partial charge in [0.25, 0.3) is 0 Å². The van der Waals surface area contributed by atoms with Crippen LogP contribution in [0, 0.1) is 13.8 Å². The first-order valence-electron chi connectivity index (χ1n) is 9.45. The van der Waals surface area contributed by atoms with Crippen molar-refractivity contribution in [2.45, 2.75) is 46.9 Å². The van der Waals surface area contributed by atoms with Crippen molar-refractivity contribution >= 4 is 33.6 Å². The van der Waals surface area contributed by atoms with E-state index in [-0.39, 0.29) is 18.4 Å².